The van der Waals surface area contributed by atoms with Crippen molar-refractivity contribution in [1.29, 1.82) is 0 Å². The van der Waals surface area contributed by atoms with Crippen LogP contribution in [0.15, 0.2) is 47.1 Å². The number of rotatable bonds is 7. The van der Waals surface area contributed by atoms with Crippen LogP contribution in [0.5, 0.6) is 0 Å². The van der Waals surface area contributed by atoms with E-state index in [2.05, 4.69) is 0 Å². The van der Waals surface area contributed by atoms with E-state index in [0.717, 1.165) is 30.4 Å². The summed E-state index contributed by atoms with van der Waals surface area (Å²) in [7, 11) is 1.78. The Morgan fingerprint density at radius 3 is 2.62 bits per heavy atom. The average molecular weight is 287 g/mol. The summed E-state index contributed by atoms with van der Waals surface area (Å²) in [5.74, 6) is 0.272. The summed E-state index contributed by atoms with van der Waals surface area (Å²) in [6.07, 6.45) is 4.12. The fourth-order valence-electron chi connectivity index (χ4n) is 2.23. The monoisotopic (exact) mass is 287 g/mol. The quantitative estimate of drug-likeness (QED) is 0.796. The van der Waals surface area contributed by atoms with Gasteiger partial charge in [-0.25, -0.2) is 0 Å². The predicted molar refractivity (Wildman–Crippen MR) is 82.0 cm³/mol. The van der Waals surface area contributed by atoms with E-state index in [1.807, 2.05) is 36.4 Å². The highest BCUT2D eigenvalue weighted by molar-refractivity contribution is 5.98. The van der Waals surface area contributed by atoms with Crippen LogP contribution in [0.4, 0.5) is 0 Å². The number of aliphatic hydroxyl groups is 1. The van der Waals surface area contributed by atoms with Crippen LogP contribution >= 0.6 is 0 Å². The average Bonchev–Trinajstić information content (AvgIpc) is 3.01. The summed E-state index contributed by atoms with van der Waals surface area (Å²) in [5.41, 5.74) is 1.80. The van der Waals surface area contributed by atoms with E-state index in [4.69, 9.17) is 9.52 Å². The van der Waals surface area contributed by atoms with Crippen molar-refractivity contribution in [3.8, 4) is 11.1 Å². The largest absolute Gasteiger partial charge is 0.459 e. The molecule has 4 heteroatoms. The fourth-order valence-corrected chi connectivity index (χ4v) is 2.23. The van der Waals surface area contributed by atoms with Gasteiger partial charge in [0, 0.05) is 25.8 Å². The maximum absolute atomic E-state index is 12.4. The summed E-state index contributed by atoms with van der Waals surface area (Å²) >= 11 is 0. The first kappa shape index (κ1) is 15.3. The summed E-state index contributed by atoms with van der Waals surface area (Å²) in [6, 6.07) is 11.6. The molecule has 2 rings (SSSR count). The van der Waals surface area contributed by atoms with E-state index < -0.39 is 0 Å². The molecule has 0 spiro atoms. The predicted octanol–water partition coefficient (Wildman–Crippen LogP) is 3.18. The van der Waals surface area contributed by atoms with Crippen molar-refractivity contribution in [2.24, 2.45) is 0 Å². The molecule has 0 saturated heterocycles. The molecule has 1 N–H and O–H groups in total. The van der Waals surface area contributed by atoms with E-state index in [-0.39, 0.29) is 12.5 Å². The Morgan fingerprint density at radius 1 is 1.14 bits per heavy atom. The molecular weight excluding hydrogens is 266 g/mol. The van der Waals surface area contributed by atoms with Crippen molar-refractivity contribution in [3.05, 3.63) is 48.4 Å². The van der Waals surface area contributed by atoms with Crippen molar-refractivity contribution < 1.29 is 14.3 Å². The Bertz CT molecular complexity index is 562. The van der Waals surface area contributed by atoms with Crippen molar-refractivity contribution in [1.82, 2.24) is 4.90 Å². The molecule has 2 aromatic rings. The zero-order valence-corrected chi connectivity index (χ0v) is 12.3. The molecule has 4 nitrogen and oxygen atoms in total. The summed E-state index contributed by atoms with van der Waals surface area (Å²) < 4.78 is 5.40. The van der Waals surface area contributed by atoms with Gasteiger partial charge < -0.3 is 14.4 Å². The van der Waals surface area contributed by atoms with Gasteiger partial charge >= 0.3 is 0 Å². The van der Waals surface area contributed by atoms with Crippen molar-refractivity contribution in [2.75, 3.05) is 20.2 Å². The molecular formula is C17H21NO3. The van der Waals surface area contributed by atoms with E-state index in [9.17, 15) is 4.79 Å². The fraction of sp³-hybridized carbons (Fsp3) is 0.353. The van der Waals surface area contributed by atoms with Gasteiger partial charge in [0.2, 0.25) is 0 Å². The molecule has 0 aliphatic carbocycles. The molecule has 1 aromatic heterocycles. The highest BCUT2D eigenvalue weighted by atomic mass is 16.3. The SMILES string of the molecule is CN(CCCCCO)C(=O)c1occc1-c1ccccc1. The van der Waals surface area contributed by atoms with E-state index in [1.165, 1.54) is 0 Å². The lowest BCUT2D eigenvalue weighted by Gasteiger charge is -2.16. The topological polar surface area (TPSA) is 53.7 Å². The number of nitrogens with zero attached hydrogens (tertiary/aromatic N) is 1. The lowest BCUT2D eigenvalue weighted by atomic mass is 10.1. The van der Waals surface area contributed by atoms with Gasteiger partial charge in [0.15, 0.2) is 5.76 Å². The van der Waals surface area contributed by atoms with Gasteiger partial charge in [0.05, 0.1) is 6.26 Å². The third-order valence-corrected chi connectivity index (χ3v) is 3.44. The maximum atomic E-state index is 12.4. The molecule has 0 saturated carbocycles. The van der Waals surface area contributed by atoms with Crippen molar-refractivity contribution in [3.63, 3.8) is 0 Å². The summed E-state index contributed by atoms with van der Waals surface area (Å²) in [6.45, 7) is 0.863. The van der Waals surface area contributed by atoms with Crippen LogP contribution in [0.1, 0.15) is 29.8 Å². The van der Waals surface area contributed by atoms with Crippen LogP contribution in [-0.2, 0) is 0 Å². The number of benzene rings is 1. The van der Waals surface area contributed by atoms with Gasteiger partial charge in [-0.15, -0.1) is 0 Å². The minimum absolute atomic E-state index is 0.108. The number of amides is 1. The first-order valence-electron chi connectivity index (χ1n) is 7.23. The van der Waals surface area contributed by atoms with Crippen LogP contribution in [0.3, 0.4) is 0 Å². The van der Waals surface area contributed by atoms with Gasteiger partial charge in [-0.2, -0.15) is 0 Å². The Morgan fingerprint density at radius 2 is 1.90 bits per heavy atom. The van der Waals surface area contributed by atoms with Gasteiger partial charge in [-0.3, -0.25) is 4.79 Å². The molecule has 0 unspecified atom stereocenters. The maximum Gasteiger partial charge on any atom is 0.289 e. The third kappa shape index (κ3) is 3.95. The molecule has 0 aliphatic rings. The van der Waals surface area contributed by atoms with E-state index >= 15 is 0 Å². The summed E-state index contributed by atoms with van der Waals surface area (Å²) in [5, 5.41) is 8.76. The minimum Gasteiger partial charge on any atom is -0.459 e. The zero-order chi connectivity index (χ0) is 15.1. The van der Waals surface area contributed by atoms with E-state index in [0.29, 0.717) is 12.3 Å². The second kappa shape index (κ2) is 7.64. The van der Waals surface area contributed by atoms with Crippen LogP contribution in [0, 0.1) is 0 Å². The molecule has 21 heavy (non-hydrogen) atoms. The van der Waals surface area contributed by atoms with Crippen LogP contribution in [0.25, 0.3) is 11.1 Å². The van der Waals surface area contributed by atoms with Gasteiger partial charge in [-0.05, 0) is 30.9 Å². The minimum atomic E-state index is -0.108. The Balaban J connectivity index is 2.05. The molecule has 0 radical (unpaired) electrons. The standard InChI is InChI=1S/C17H21NO3/c1-18(11-6-3-7-12-19)17(20)16-15(10-13-21-16)14-8-4-2-5-9-14/h2,4-5,8-10,13,19H,3,6-7,11-12H2,1H3. The molecule has 0 aliphatic heterocycles. The number of hydrogen-bond acceptors (Lipinski definition) is 3. The van der Waals surface area contributed by atoms with Crippen molar-refractivity contribution >= 4 is 5.91 Å². The lowest BCUT2D eigenvalue weighted by molar-refractivity contribution is 0.0761. The summed E-state index contributed by atoms with van der Waals surface area (Å²) in [4.78, 5) is 14.1. The lowest BCUT2D eigenvalue weighted by Crippen LogP contribution is -2.27. The number of unbranched alkanes of at least 4 members (excludes halogenated alkanes) is 2. The molecule has 0 fully saturated rings. The Kier molecular flexibility index (Phi) is 5.58. The smallest absolute Gasteiger partial charge is 0.289 e. The number of carbonyl (C=O) groups excluding carboxylic acids is 1. The first-order chi connectivity index (χ1) is 10.2. The van der Waals surface area contributed by atoms with Crippen LogP contribution in [-0.4, -0.2) is 36.1 Å². The second-order valence-corrected chi connectivity index (χ2v) is 5.04. The van der Waals surface area contributed by atoms with Gasteiger partial charge in [0.1, 0.15) is 0 Å². The van der Waals surface area contributed by atoms with Crippen LogP contribution < -0.4 is 0 Å². The van der Waals surface area contributed by atoms with Gasteiger partial charge in [0.25, 0.3) is 5.91 Å². The van der Waals surface area contributed by atoms with Crippen LogP contribution in [0.2, 0.25) is 0 Å². The number of aliphatic hydroxyl groups excluding tert-OH is 1. The zero-order valence-electron chi connectivity index (χ0n) is 12.3. The molecule has 112 valence electrons. The first-order valence-corrected chi connectivity index (χ1v) is 7.23. The molecule has 1 amide bonds. The highest BCUT2D eigenvalue weighted by Crippen LogP contribution is 2.25. The number of hydrogen-bond donors (Lipinski definition) is 1. The highest BCUT2D eigenvalue weighted by Gasteiger charge is 2.19. The molecule has 0 bridgehead atoms. The Labute approximate surface area is 125 Å². The number of furan rings is 1. The number of carbonyl (C=O) groups is 1. The van der Waals surface area contributed by atoms with E-state index in [1.54, 1.807) is 18.2 Å². The molecule has 1 heterocycles. The van der Waals surface area contributed by atoms with Crippen molar-refractivity contribution in [2.45, 2.75) is 19.3 Å². The molecule has 1 aromatic carbocycles. The van der Waals surface area contributed by atoms with Gasteiger partial charge in [-0.1, -0.05) is 30.3 Å². The second-order valence-electron chi connectivity index (χ2n) is 5.04. The Hall–Kier alpha value is -2.07. The normalized spacial score (nSPS) is 10.6. The third-order valence-electron chi connectivity index (χ3n) is 3.44. The molecule has 0 atom stereocenters.